The highest BCUT2D eigenvalue weighted by Crippen LogP contribution is 2.33. The van der Waals surface area contributed by atoms with Crippen LogP contribution in [0.2, 0.25) is 0 Å². The number of nitrogens with one attached hydrogen (secondary N) is 1. The van der Waals surface area contributed by atoms with Gasteiger partial charge >= 0.3 is 0 Å². The van der Waals surface area contributed by atoms with Gasteiger partial charge in [-0.05, 0) is 43.4 Å². The van der Waals surface area contributed by atoms with Crippen molar-refractivity contribution in [3.05, 3.63) is 23.8 Å². The highest BCUT2D eigenvalue weighted by Gasteiger charge is 2.34. The number of nitrogens with two attached hydrogens (primary N) is 1. The van der Waals surface area contributed by atoms with Crippen LogP contribution in [-0.2, 0) is 11.2 Å². The first-order chi connectivity index (χ1) is 8.52. The molecule has 0 atom stereocenters. The summed E-state index contributed by atoms with van der Waals surface area (Å²) in [5.74, 6) is -0.0269. The van der Waals surface area contributed by atoms with Gasteiger partial charge in [-0.15, -0.1) is 0 Å². The van der Waals surface area contributed by atoms with Crippen LogP contribution in [0.15, 0.2) is 18.2 Å². The summed E-state index contributed by atoms with van der Waals surface area (Å²) in [6.45, 7) is 2.03. The zero-order valence-corrected chi connectivity index (χ0v) is 10.7. The van der Waals surface area contributed by atoms with E-state index < -0.39 is 0 Å². The Morgan fingerprint density at radius 1 is 1.50 bits per heavy atom. The molecule has 98 valence electrons. The normalized spacial score (nSPS) is 17.0. The van der Waals surface area contributed by atoms with Gasteiger partial charge in [-0.2, -0.15) is 0 Å². The van der Waals surface area contributed by atoms with E-state index in [0.29, 0.717) is 12.1 Å². The topological polar surface area (TPSA) is 75.3 Å². The minimum atomic E-state index is -0.331. The molecule has 1 fully saturated rings. The number of hydrogen-bond donors (Lipinski definition) is 3. The Labute approximate surface area is 107 Å². The summed E-state index contributed by atoms with van der Waals surface area (Å²) in [4.78, 5) is 11.9. The third-order valence-corrected chi connectivity index (χ3v) is 3.61. The first-order valence-corrected chi connectivity index (χ1v) is 6.43. The summed E-state index contributed by atoms with van der Waals surface area (Å²) in [6, 6.07) is 5.26. The molecule has 0 radical (unpaired) electrons. The third-order valence-electron chi connectivity index (χ3n) is 3.61. The Kier molecular flexibility index (Phi) is 3.57. The Balaban J connectivity index is 2.02. The molecule has 4 nitrogen and oxygen atoms in total. The zero-order valence-electron chi connectivity index (χ0n) is 10.7. The number of phenols is 1. The lowest BCUT2D eigenvalue weighted by molar-refractivity contribution is -0.118. The lowest BCUT2D eigenvalue weighted by atomic mass is 9.75. The van der Waals surface area contributed by atoms with Crippen LogP contribution in [0.25, 0.3) is 0 Å². The standard InChI is InChI=1S/C14H20N2O2/c1-2-10-4-5-12(17)11(8-10)16-13(18)9-14(15)6-3-7-14/h4-5,8,17H,2-3,6-7,9,15H2,1H3,(H,16,18). The molecular formula is C14H20N2O2. The molecule has 1 aromatic carbocycles. The van der Waals surface area contributed by atoms with Crippen molar-refractivity contribution in [3.8, 4) is 5.75 Å². The van der Waals surface area contributed by atoms with E-state index in [1.54, 1.807) is 12.1 Å². The predicted octanol–water partition coefficient (Wildman–Crippen LogP) is 2.16. The van der Waals surface area contributed by atoms with Crippen molar-refractivity contribution in [1.82, 2.24) is 0 Å². The van der Waals surface area contributed by atoms with E-state index in [9.17, 15) is 9.90 Å². The lowest BCUT2D eigenvalue weighted by Gasteiger charge is -2.37. The molecule has 1 aliphatic carbocycles. The number of benzene rings is 1. The monoisotopic (exact) mass is 248 g/mol. The maximum Gasteiger partial charge on any atom is 0.226 e. The van der Waals surface area contributed by atoms with Crippen LogP contribution in [-0.4, -0.2) is 16.6 Å². The van der Waals surface area contributed by atoms with Crippen LogP contribution in [0.4, 0.5) is 5.69 Å². The summed E-state index contributed by atoms with van der Waals surface area (Å²) in [6.07, 6.45) is 4.09. The molecule has 1 aliphatic rings. The van der Waals surface area contributed by atoms with Crippen molar-refractivity contribution in [2.24, 2.45) is 5.73 Å². The average molecular weight is 248 g/mol. The van der Waals surface area contributed by atoms with Crippen LogP contribution < -0.4 is 11.1 Å². The van der Waals surface area contributed by atoms with Crippen molar-refractivity contribution in [1.29, 1.82) is 0 Å². The molecule has 4 heteroatoms. The Bertz CT molecular complexity index is 453. The maximum absolute atomic E-state index is 11.9. The fraction of sp³-hybridized carbons (Fsp3) is 0.500. The summed E-state index contributed by atoms with van der Waals surface area (Å²) < 4.78 is 0. The molecule has 18 heavy (non-hydrogen) atoms. The van der Waals surface area contributed by atoms with E-state index in [1.807, 2.05) is 13.0 Å². The molecular weight excluding hydrogens is 228 g/mol. The Morgan fingerprint density at radius 2 is 2.22 bits per heavy atom. The van der Waals surface area contributed by atoms with Gasteiger partial charge in [0.15, 0.2) is 0 Å². The molecule has 0 aromatic heterocycles. The highest BCUT2D eigenvalue weighted by molar-refractivity contribution is 5.93. The highest BCUT2D eigenvalue weighted by atomic mass is 16.3. The van der Waals surface area contributed by atoms with Crippen molar-refractivity contribution in [2.75, 3.05) is 5.32 Å². The van der Waals surface area contributed by atoms with Gasteiger partial charge in [0, 0.05) is 12.0 Å². The van der Waals surface area contributed by atoms with Gasteiger partial charge in [0.1, 0.15) is 5.75 Å². The van der Waals surface area contributed by atoms with Crippen LogP contribution in [0.1, 0.15) is 38.2 Å². The second-order valence-corrected chi connectivity index (χ2v) is 5.15. The van der Waals surface area contributed by atoms with Crippen LogP contribution in [0.3, 0.4) is 0 Å². The zero-order chi connectivity index (χ0) is 13.2. The molecule has 4 N–H and O–H groups in total. The third kappa shape index (κ3) is 2.82. The number of aromatic hydroxyl groups is 1. The summed E-state index contributed by atoms with van der Waals surface area (Å²) in [5, 5.41) is 12.4. The minimum Gasteiger partial charge on any atom is -0.506 e. The van der Waals surface area contributed by atoms with Crippen molar-refractivity contribution >= 4 is 11.6 Å². The molecule has 0 heterocycles. The number of carbonyl (C=O) groups excluding carboxylic acids is 1. The van der Waals surface area contributed by atoms with E-state index in [2.05, 4.69) is 5.32 Å². The summed E-state index contributed by atoms with van der Waals surface area (Å²) >= 11 is 0. The van der Waals surface area contributed by atoms with E-state index in [-0.39, 0.29) is 17.2 Å². The first-order valence-electron chi connectivity index (χ1n) is 6.43. The van der Waals surface area contributed by atoms with Crippen molar-refractivity contribution in [2.45, 2.75) is 44.6 Å². The quantitative estimate of drug-likeness (QED) is 0.715. The van der Waals surface area contributed by atoms with Crippen molar-refractivity contribution in [3.63, 3.8) is 0 Å². The molecule has 1 aromatic rings. The molecule has 0 saturated heterocycles. The van der Waals surface area contributed by atoms with Gasteiger partial charge < -0.3 is 16.2 Å². The molecule has 1 amide bonds. The lowest BCUT2D eigenvalue weighted by Crippen LogP contribution is -2.48. The fourth-order valence-corrected chi connectivity index (χ4v) is 2.23. The van der Waals surface area contributed by atoms with Gasteiger partial charge in [-0.1, -0.05) is 13.0 Å². The average Bonchev–Trinajstić information content (AvgIpc) is 2.30. The van der Waals surface area contributed by atoms with Gasteiger partial charge in [-0.25, -0.2) is 0 Å². The van der Waals surface area contributed by atoms with Gasteiger partial charge in [-0.3, -0.25) is 4.79 Å². The van der Waals surface area contributed by atoms with E-state index >= 15 is 0 Å². The number of rotatable bonds is 4. The first kappa shape index (κ1) is 12.9. The van der Waals surface area contributed by atoms with Gasteiger partial charge in [0.2, 0.25) is 5.91 Å². The minimum absolute atomic E-state index is 0.0974. The Morgan fingerprint density at radius 3 is 2.78 bits per heavy atom. The molecule has 0 unspecified atom stereocenters. The predicted molar refractivity (Wildman–Crippen MR) is 71.5 cm³/mol. The van der Waals surface area contributed by atoms with Gasteiger partial charge in [0.05, 0.1) is 5.69 Å². The summed E-state index contributed by atoms with van der Waals surface area (Å²) in [5.41, 5.74) is 7.25. The molecule has 0 spiro atoms. The van der Waals surface area contributed by atoms with E-state index in [1.165, 1.54) is 0 Å². The molecule has 0 aliphatic heterocycles. The van der Waals surface area contributed by atoms with Crippen molar-refractivity contribution < 1.29 is 9.90 Å². The summed E-state index contributed by atoms with van der Waals surface area (Å²) in [7, 11) is 0. The second-order valence-electron chi connectivity index (χ2n) is 5.15. The van der Waals surface area contributed by atoms with E-state index in [4.69, 9.17) is 5.73 Å². The number of phenolic OH excluding ortho intramolecular Hbond substituents is 1. The number of anilines is 1. The van der Waals surface area contributed by atoms with Crippen LogP contribution in [0.5, 0.6) is 5.75 Å². The van der Waals surface area contributed by atoms with Crippen LogP contribution >= 0.6 is 0 Å². The SMILES string of the molecule is CCc1ccc(O)c(NC(=O)CC2(N)CCC2)c1. The number of carbonyl (C=O) groups is 1. The molecule has 1 saturated carbocycles. The number of amides is 1. The van der Waals surface area contributed by atoms with Gasteiger partial charge in [0.25, 0.3) is 0 Å². The second kappa shape index (κ2) is 4.98. The largest absolute Gasteiger partial charge is 0.506 e. The fourth-order valence-electron chi connectivity index (χ4n) is 2.23. The molecule has 2 rings (SSSR count). The number of hydrogen-bond acceptors (Lipinski definition) is 3. The Hall–Kier alpha value is -1.55. The maximum atomic E-state index is 11.9. The smallest absolute Gasteiger partial charge is 0.226 e. The van der Waals surface area contributed by atoms with E-state index in [0.717, 1.165) is 31.2 Å². The molecule has 0 bridgehead atoms. The number of aryl methyl sites for hydroxylation is 1. The van der Waals surface area contributed by atoms with Crippen LogP contribution in [0, 0.1) is 0 Å².